The first-order valence-corrected chi connectivity index (χ1v) is 6.20. The summed E-state index contributed by atoms with van der Waals surface area (Å²) in [5, 5.41) is 0.577. The van der Waals surface area contributed by atoms with Crippen LogP contribution in [0.3, 0.4) is 0 Å². The van der Waals surface area contributed by atoms with E-state index < -0.39 is 0 Å². The molecule has 0 aromatic heterocycles. The zero-order valence-electron chi connectivity index (χ0n) is 7.68. The summed E-state index contributed by atoms with van der Waals surface area (Å²) in [5.41, 5.74) is 0. The van der Waals surface area contributed by atoms with Crippen molar-refractivity contribution in [2.75, 3.05) is 11.5 Å². The number of unbranched alkanes of at least 4 members (excludes halogenated alkanes) is 2. The van der Waals surface area contributed by atoms with E-state index in [2.05, 4.69) is 38.2 Å². The molecule has 0 aromatic carbocycles. The highest BCUT2D eigenvalue weighted by atomic mass is 32.2. The van der Waals surface area contributed by atoms with Gasteiger partial charge in [0, 0.05) is 0 Å². The largest absolute Gasteiger partial charge is 0.176 e. The van der Waals surface area contributed by atoms with Gasteiger partial charge in [-0.25, -0.2) is 0 Å². The highest BCUT2D eigenvalue weighted by Crippen LogP contribution is 2.10. The molecule has 0 fully saturated rings. The normalized spacial score (nSPS) is 13.4. The van der Waals surface area contributed by atoms with Crippen LogP contribution in [0.4, 0.5) is 0 Å². The molecule has 11 heavy (non-hydrogen) atoms. The highest BCUT2D eigenvalue weighted by Gasteiger charge is 1.94. The summed E-state index contributed by atoms with van der Waals surface area (Å²) >= 11 is 6.40. The first-order chi connectivity index (χ1) is 5.27. The van der Waals surface area contributed by atoms with Crippen molar-refractivity contribution >= 4 is 24.4 Å². The van der Waals surface area contributed by atoms with Crippen molar-refractivity contribution in [3.8, 4) is 0 Å². The SMILES string of the molecule is CCCCCSCCC(C)S. The standard InChI is InChI=1S/C9H20S2/c1-3-4-5-7-11-8-6-9(2)10/h9-10H,3-8H2,1-2H3. The molecule has 0 N–H and O–H groups in total. The Bertz CT molecular complexity index is 72.0. The Labute approximate surface area is 80.9 Å². The molecule has 1 atom stereocenters. The average Bonchev–Trinajstić information content (AvgIpc) is 1.96. The number of thiol groups is 1. The van der Waals surface area contributed by atoms with Gasteiger partial charge < -0.3 is 0 Å². The molecule has 0 nitrogen and oxygen atoms in total. The Morgan fingerprint density at radius 1 is 1.27 bits per heavy atom. The lowest BCUT2D eigenvalue weighted by Gasteiger charge is -2.02. The van der Waals surface area contributed by atoms with Crippen LogP contribution in [0.15, 0.2) is 0 Å². The fourth-order valence-corrected chi connectivity index (χ4v) is 2.25. The van der Waals surface area contributed by atoms with Crippen LogP contribution in [-0.2, 0) is 0 Å². The van der Waals surface area contributed by atoms with Crippen LogP contribution in [-0.4, -0.2) is 16.8 Å². The molecule has 0 aromatic rings. The lowest BCUT2D eigenvalue weighted by Crippen LogP contribution is -1.93. The van der Waals surface area contributed by atoms with Crippen LogP contribution >= 0.6 is 24.4 Å². The van der Waals surface area contributed by atoms with Gasteiger partial charge in [-0.3, -0.25) is 0 Å². The second-order valence-electron chi connectivity index (χ2n) is 2.96. The summed E-state index contributed by atoms with van der Waals surface area (Å²) in [7, 11) is 0. The first-order valence-electron chi connectivity index (χ1n) is 4.53. The van der Waals surface area contributed by atoms with E-state index in [1.54, 1.807) is 0 Å². The smallest absolute Gasteiger partial charge is 0.000374 e. The van der Waals surface area contributed by atoms with Crippen LogP contribution in [0, 0.1) is 0 Å². The summed E-state index contributed by atoms with van der Waals surface area (Å²) in [4.78, 5) is 0. The minimum absolute atomic E-state index is 0.577. The van der Waals surface area contributed by atoms with E-state index in [1.807, 2.05) is 0 Å². The van der Waals surface area contributed by atoms with E-state index in [0.717, 1.165) is 0 Å². The zero-order valence-corrected chi connectivity index (χ0v) is 9.39. The number of thioether (sulfide) groups is 1. The molecule has 0 radical (unpaired) electrons. The molecule has 0 amide bonds. The molecule has 2 heteroatoms. The Hall–Kier alpha value is 0.700. The molecule has 1 unspecified atom stereocenters. The Morgan fingerprint density at radius 3 is 2.55 bits per heavy atom. The number of rotatable bonds is 7. The van der Waals surface area contributed by atoms with Gasteiger partial charge in [-0.05, 0) is 29.6 Å². The number of hydrogen-bond donors (Lipinski definition) is 1. The molecular weight excluding hydrogens is 172 g/mol. The van der Waals surface area contributed by atoms with E-state index in [-0.39, 0.29) is 0 Å². The maximum absolute atomic E-state index is 4.33. The summed E-state index contributed by atoms with van der Waals surface area (Å²) in [6, 6.07) is 0. The lowest BCUT2D eigenvalue weighted by molar-refractivity contribution is 0.778. The number of hydrogen-bond acceptors (Lipinski definition) is 2. The third-order valence-corrected chi connectivity index (χ3v) is 2.93. The molecular formula is C9H20S2. The Kier molecular flexibility index (Phi) is 9.35. The maximum Gasteiger partial charge on any atom is -0.000374 e. The average molecular weight is 192 g/mol. The van der Waals surface area contributed by atoms with Gasteiger partial charge in [0.1, 0.15) is 0 Å². The van der Waals surface area contributed by atoms with Crippen molar-refractivity contribution in [3.63, 3.8) is 0 Å². The van der Waals surface area contributed by atoms with Crippen molar-refractivity contribution < 1.29 is 0 Å². The Morgan fingerprint density at radius 2 is 2.00 bits per heavy atom. The molecule has 0 heterocycles. The van der Waals surface area contributed by atoms with Gasteiger partial charge in [-0.1, -0.05) is 26.7 Å². The minimum atomic E-state index is 0.577. The molecule has 0 saturated heterocycles. The Balaban J connectivity index is 2.80. The monoisotopic (exact) mass is 192 g/mol. The molecule has 68 valence electrons. The van der Waals surface area contributed by atoms with Crippen molar-refractivity contribution in [3.05, 3.63) is 0 Å². The van der Waals surface area contributed by atoms with Crippen LogP contribution in [0.1, 0.15) is 39.5 Å². The molecule has 0 aliphatic heterocycles. The van der Waals surface area contributed by atoms with Crippen LogP contribution in [0.2, 0.25) is 0 Å². The van der Waals surface area contributed by atoms with Gasteiger partial charge in [0.05, 0.1) is 0 Å². The molecule has 0 spiro atoms. The lowest BCUT2D eigenvalue weighted by atomic mass is 10.3. The molecule has 0 bridgehead atoms. The topological polar surface area (TPSA) is 0 Å². The summed E-state index contributed by atoms with van der Waals surface area (Å²) in [6.07, 6.45) is 5.37. The van der Waals surface area contributed by atoms with Gasteiger partial charge >= 0.3 is 0 Å². The minimum Gasteiger partial charge on any atom is -0.176 e. The maximum atomic E-state index is 4.33. The highest BCUT2D eigenvalue weighted by molar-refractivity contribution is 7.99. The fraction of sp³-hybridized carbons (Fsp3) is 1.00. The second-order valence-corrected chi connectivity index (χ2v) is 5.06. The fourth-order valence-electron chi connectivity index (χ4n) is 0.810. The van der Waals surface area contributed by atoms with Crippen LogP contribution in [0.5, 0.6) is 0 Å². The summed E-state index contributed by atoms with van der Waals surface area (Å²) in [5.74, 6) is 2.63. The molecule has 0 aliphatic carbocycles. The van der Waals surface area contributed by atoms with E-state index in [1.165, 1.54) is 37.2 Å². The first kappa shape index (κ1) is 11.7. The molecule has 0 saturated carbocycles. The van der Waals surface area contributed by atoms with E-state index in [9.17, 15) is 0 Å². The predicted molar refractivity (Wildman–Crippen MR) is 59.9 cm³/mol. The van der Waals surface area contributed by atoms with Gasteiger partial charge in [0.2, 0.25) is 0 Å². The summed E-state index contributed by atoms with van der Waals surface area (Å²) < 4.78 is 0. The van der Waals surface area contributed by atoms with Crippen molar-refractivity contribution in [2.24, 2.45) is 0 Å². The van der Waals surface area contributed by atoms with Gasteiger partial charge in [-0.15, -0.1) is 0 Å². The van der Waals surface area contributed by atoms with E-state index in [0.29, 0.717) is 5.25 Å². The van der Waals surface area contributed by atoms with Gasteiger partial charge in [0.15, 0.2) is 0 Å². The predicted octanol–water partition coefficient (Wildman–Crippen LogP) is 3.62. The van der Waals surface area contributed by atoms with Crippen molar-refractivity contribution in [2.45, 2.75) is 44.8 Å². The van der Waals surface area contributed by atoms with Gasteiger partial charge in [0.25, 0.3) is 0 Å². The third kappa shape index (κ3) is 10.7. The molecule has 0 aliphatic rings. The van der Waals surface area contributed by atoms with Crippen molar-refractivity contribution in [1.29, 1.82) is 0 Å². The van der Waals surface area contributed by atoms with Gasteiger partial charge in [-0.2, -0.15) is 24.4 Å². The summed E-state index contributed by atoms with van der Waals surface area (Å²) in [6.45, 7) is 4.41. The third-order valence-electron chi connectivity index (χ3n) is 1.57. The van der Waals surface area contributed by atoms with Crippen molar-refractivity contribution in [1.82, 2.24) is 0 Å². The second kappa shape index (κ2) is 8.79. The van der Waals surface area contributed by atoms with Crippen LogP contribution in [0.25, 0.3) is 0 Å². The van der Waals surface area contributed by atoms with E-state index in [4.69, 9.17) is 0 Å². The zero-order chi connectivity index (χ0) is 8.53. The van der Waals surface area contributed by atoms with Crippen LogP contribution < -0.4 is 0 Å². The molecule has 0 rings (SSSR count). The quantitative estimate of drug-likeness (QED) is 0.475. The van der Waals surface area contributed by atoms with E-state index >= 15 is 0 Å².